The van der Waals surface area contributed by atoms with E-state index < -0.39 is 0 Å². The van der Waals surface area contributed by atoms with Crippen LogP contribution in [0.1, 0.15) is 28.9 Å². The van der Waals surface area contributed by atoms with Crippen LogP contribution in [0, 0.1) is 5.82 Å². The van der Waals surface area contributed by atoms with E-state index >= 15 is 0 Å². The van der Waals surface area contributed by atoms with Crippen molar-refractivity contribution in [1.82, 2.24) is 9.88 Å². The van der Waals surface area contributed by atoms with Gasteiger partial charge in [0.2, 0.25) is 0 Å². The lowest BCUT2D eigenvalue weighted by Gasteiger charge is -2.22. The molecule has 1 heterocycles. The van der Waals surface area contributed by atoms with Crippen molar-refractivity contribution in [3.05, 3.63) is 82.0 Å². The average Bonchev–Trinajstić information content (AvgIpc) is 3.44. The SMILES string of the molecule is O=C(c1cc2ccccc2c(=O)[nH]1)N(Cc1cccc(F)c1)C1CC1. The van der Waals surface area contributed by atoms with Gasteiger partial charge in [0.25, 0.3) is 11.5 Å². The molecule has 1 aliphatic carbocycles. The molecule has 5 heteroatoms. The van der Waals surface area contributed by atoms with E-state index in [0.29, 0.717) is 11.9 Å². The number of rotatable bonds is 4. The summed E-state index contributed by atoms with van der Waals surface area (Å²) in [5.74, 6) is -0.547. The normalized spacial score (nSPS) is 13.8. The summed E-state index contributed by atoms with van der Waals surface area (Å²) in [6.45, 7) is 0.329. The molecule has 0 spiro atoms. The van der Waals surface area contributed by atoms with Gasteiger partial charge in [0.15, 0.2) is 0 Å². The summed E-state index contributed by atoms with van der Waals surface area (Å²) in [4.78, 5) is 29.6. The highest BCUT2D eigenvalue weighted by Gasteiger charge is 2.33. The van der Waals surface area contributed by atoms with Gasteiger partial charge in [0, 0.05) is 18.0 Å². The van der Waals surface area contributed by atoms with Crippen molar-refractivity contribution in [3.8, 4) is 0 Å². The van der Waals surface area contributed by atoms with Crippen molar-refractivity contribution in [2.24, 2.45) is 0 Å². The number of nitrogens with one attached hydrogen (secondary N) is 1. The molecule has 2 aromatic carbocycles. The van der Waals surface area contributed by atoms with Crippen LogP contribution in [0.15, 0.2) is 59.4 Å². The molecule has 1 saturated carbocycles. The van der Waals surface area contributed by atoms with Gasteiger partial charge in [-0.05, 0) is 48.1 Å². The number of nitrogens with zero attached hydrogens (tertiary/aromatic N) is 1. The van der Waals surface area contributed by atoms with E-state index in [4.69, 9.17) is 0 Å². The van der Waals surface area contributed by atoms with Gasteiger partial charge in [0.05, 0.1) is 0 Å². The van der Waals surface area contributed by atoms with Crippen LogP contribution in [0.3, 0.4) is 0 Å². The molecule has 0 saturated heterocycles. The van der Waals surface area contributed by atoms with Crippen molar-refractivity contribution in [2.75, 3.05) is 0 Å². The fraction of sp³-hybridized carbons (Fsp3) is 0.200. The van der Waals surface area contributed by atoms with Crippen LogP contribution in [-0.4, -0.2) is 21.8 Å². The van der Waals surface area contributed by atoms with E-state index in [1.165, 1.54) is 12.1 Å². The van der Waals surface area contributed by atoms with E-state index in [1.807, 2.05) is 12.1 Å². The molecule has 126 valence electrons. The number of hydrogen-bond donors (Lipinski definition) is 1. The Morgan fingerprint density at radius 3 is 2.68 bits per heavy atom. The largest absolute Gasteiger partial charge is 0.330 e. The summed E-state index contributed by atoms with van der Waals surface area (Å²) in [5.41, 5.74) is 0.735. The molecule has 0 radical (unpaired) electrons. The van der Waals surface area contributed by atoms with Crippen molar-refractivity contribution in [3.63, 3.8) is 0 Å². The fourth-order valence-electron chi connectivity index (χ4n) is 3.07. The molecule has 1 fully saturated rings. The lowest BCUT2D eigenvalue weighted by molar-refractivity contribution is 0.0723. The van der Waals surface area contributed by atoms with Crippen LogP contribution in [0.25, 0.3) is 10.8 Å². The molecule has 3 aromatic rings. The predicted octanol–water partition coefficient (Wildman–Crippen LogP) is 3.47. The zero-order valence-electron chi connectivity index (χ0n) is 13.5. The highest BCUT2D eigenvalue weighted by Crippen LogP contribution is 2.30. The first-order valence-corrected chi connectivity index (χ1v) is 8.29. The summed E-state index contributed by atoms with van der Waals surface area (Å²) in [6.07, 6.45) is 1.86. The summed E-state index contributed by atoms with van der Waals surface area (Å²) in [5, 5.41) is 1.29. The van der Waals surface area contributed by atoms with E-state index in [9.17, 15) is 14.0 Å². The minimum atomic E-state index is -0.320. The second-order valence-electron chi connectivity index (χ2n) is 6.39. The number of carbonyl (C=O) groups excluding carboxylic acids is 1. The molecule has 1 N–H and O–H groups in total. The molecule has 1 aromatic heterocycles. The van der Waals surface area contributed by atoms with Crippen molar-refractivity contribution < 1.29 is 9.18 Å². The monoisotopic (exact) mass is 336 g/mol. The Hall–Kier alpha value is -2.95. The lowest BCUT2D eigenvalue weighted by atomic mass is 10.1. The number of hydrogen-bond acceptors (Lipinski definition) is 2. The van der Waals surface area contributed by atoms with Gasteiger partial charge in [-0.15, -0.1) is 0 Å². The van der Waals surface area contributed by atoms with Crippen LogP contribution in [0.2, 0.25) is 0 Å². The molecule has 4 rings (SSSR count). The number of fused-ring (bicyclic) bond motifs is 1. The quantitative estimate of drug-likeness (QED) is 0.793. The first-order valence-electron chi connectivity index (χ1n) is 8.29. The van der Waals surface area contributed by atoms with Gasteiger partial charge < -0.3 is 9.88 Å². The van der Waals surface area contributed by atoms with E-state index in [1.54, 1.807) is 35.2 Å². The maximum absolute atomic E-state index is 13.4. The third kappa shape index (κ3) is 3.18. The molecular weight excluding hydrogens is 319 g/mol. The third-order valence-electron chi connectivity index (χ3n) is 4.47. The molecule has 4 nitrogen and oxygen atoms in total. The van der Waals surface area contributed by atoms with Crippen LogP contribution in [-0.2, 0) is 6.54 Å². The number of aromatic nitrogens is 1. The van der Waals surface area contributed by atoms with Crippen LogP contribution in [0.4, 0.5) is 4.39 Å². The number of amides is 1. The number of carbonyl (C=O) groups is 1. The van der Waals surface area contributed by atoms with Gasteiger partial charge in [-0.3, -0.25) is 9.59 Å². The highest BCUT2D eigenvalue weighted by atomic mass is 19.1. The summed E-state index contributed by atoms with van der Waals surface area (Å²) >= 11 is 0. The standard InChI is InChI=1S/C20H17FN2O2/c21-15-6-3-4-13(10-15)12-23(16-8-9-16)20(25)18-11-14-5-1-2-7-17(14)19(24)22-18/h1-7,10-11,16H,8-9,12H2,(H,22,24). The van der Waals surface area contributed by atoms with Crippen LogP contribution < -0.4 is 5.56 Å². The molecule has 0 unspecified atom stereocenters. The van der Waals surface area contributed by atoms with Gasteiger partial charge in [-0.25, -0.2) is 4.39 Å². The van der Waals surface area contributed by atoms with Gasteiger partial charge >= 0.3 is 0 Å². The average molecular weight is 336 g/mol. The molecule has 0 aliphatic heterocycles. The summed E-state index contributed by atoms with van der Waals surface area (Å²) < 4.78 is 13.4. The summed E-state index contributed by atoms with van der Waals surface area (Å²) in [7, 11) is 0. The van der Waals surface area contributed by atoms with Gasteiger partial charge in [-0.1, -0.05) is 30.3 Å². The number of H-pyrrole nitrogens is 1. The molecular formula is C20H17FN2O2. The Morgan fingerprint density at radius 1 is 1.12 bits per heavy atom. The Kier molecular flexibility index (Phi) is 3.84. The number of benzene rings is 2. The van der Waals surface area contributed by atoms with Gasteiger partial charge in [-0.2, -0.15) is 0 Å². The Bertz CT molecular complexity index is 1010. The second kappa shape index (κ2) is 6.16. The first kappa shape index (κ1) is 15.6. The van der Waals surface area contributed by atoms with Gasteiger partial charge in [0.1, 0.15) is 11.5 Å². The van der Waals surface area contributed by atoms with E-state index in [0.717, 1.165) is 23.8 Å². The minimum absolute atomic E-state index is 0.144. The molecule has 25 heavy (non-hydrogen) atoms. The van der Waals surface area contributed by atoms with Crippen LogP contribution in [0.5, 0.6) is 0 Å². The molecule has 1 aliphatic rings. The summed E-state index contributed by atoms with van der Waals surface area (Å²) in [6, 6.07) is 15.3. The first-order chi connectivity index (χ1) is 12.1. The molecule has 1 amide bonds. The highest BCUT2D eigenvalue weighted by molar-refractivity contribution is 5.96. The zero-order valence-corrected chi connectivity index (χ0v) is 13.5. The maximum atomic E-state index is 13.4. The molecule has 0 bridgehead atoms. The maximum Gasteiger partial charge on any atom is 0.270 e. The lowest BCUT2D eigenvalue weighted by Crippen LogP contribution is -2.34. The number of halogens is 1. The smallest absolute Gasteiger partial charge is 0.270 e. The minimum Gasteiger partial charge on any atom is -0.330 e. The zero-order chi connectivity index (χ0) is 17.4. The topological polar surface area (TPSA) is 53.2 Å². The second-order valence-corrected chi connectivity index (χ2v) is 6.39. The van der Waals surface area contributed by atoms with Crippen LogP contribution >= 0.6 is 0 Å². The third-order valence-corrected chi connectivity index (χ3v) is 4.47. The Morgan fingerprint density at radius 2 is 1.92 bits per heavy atom. The number of aromatic amines is 1. The van der Waals surface area contributed by atoms with E-state index in [2.05, 4.69) is 4.98 Å². The molecule has 0 atom stereocenters. The van der Waals surface area contributed by atoms with Crippen molar-refractivity contribution >= 4 is 16.7 Å². The van der Waals surface area contributed by atoms with Crippen molar-refractivity contribution in [2.45, 2.75) is 25.4 Å². The van der Waals surface area contributed by atoms with E-state index in [-0.39, 0.29) is 29.0 Å². The Balaban J connectivity index is 1.68. The van der Waals surface area contributed by atoms with Crippen molar-refractivity contribution in [1.29, 1.82) is 0 Å². The predicted molar refractivity (Wildman–Crippen MR) is 93.9 cm³/mol. The Labute approximate surface area is 143 Å². The fourth-order valence-corrected chi connectivity index (χ4v) is 3.07. The number of pyridine rings is 1.